The van der Waals surface area contributed by atoms with E-state index in [2.05, 4.69) is 18.3 Å². The van der Waals surface area contributed by atoms with Crippen molar-refractivity contribution >= 4 is 5.91 Å². The Labute approximate surface area is 165 Å². The zero-order valence-electron chi connectivity index (χ0n) is 16.4. The normalized spacial score (nSPS) is 11.8. The van der Waals surface area contributed by atoms with Crippen LogP contribution in [-0.2, 0) is 4.79 Å². The van der Waals surface area contributed by atoms with Crippen LogP contribution in [0.1, 0.15) is 28.5 Å². The second-order valence-corrected chi connectivity index (χ2v) is 6.81. The maximum atomic E-state index is 12.2. The Morgan fingerprint density at radius 3 is 2.64 bits per heavy atom. The number of nitrogens with one attached hydrogen (secondary N) is 1. The number of hydrogen-bond donors (Lipinski definition) is 2. The van der Waals surface area contributed by atoms with E-state index >= 15 is 0 Å². The van der Waals surface area contributed by atoms with Gasteiger partial charge in [-0.25, -0.2) is 0 Å². The predicted molar refractivity (Wildman–Crippen MR) is 108 cm³/mol. The van der Waals surface area contributed by atoms with Gasteiger partial charge in [0.2, 0.25) is 0 Å². The quantitative estimate of drug-likeness (QED) is 0.562. The van der Waals surface area contributed by atoms with Gasteiger partial charge in [0.1, 0.15) is 12.4 Å². The number of furan rings is 1. The topological polar surface area (TPSA) is 68.1 Å². The van der Waals surface area contributed by atoms with E-state index in [-0.39, 0.29) is 11.9 Å². The Bertz CT molecular complexity index is 876. The lowest BCUT2D eigenvalue weighted by Gasteiger charge is -2.14. The second kappa shape index (κ2) is 9.76. The van der Waals surface area contributed by atoms with Crippen LogP contribution in [0.15, 0.2) is 71.3 Å². The predicted octanol–water partition coefficient (Wildman–Crippen LogP) is 2.74. The van der Waals surface area contributed by atoms with E-state index in [4.69, 9.17) is 9.15 Å². The molecule has 0 bridgehead atoms. The highest BCUT2D eigenvalue weighted by molar-refractivity contribution is 5.76. The number of ether oxygens (including phenoxy) is 1. The third-order valence-corrected chi connectivity index (χ3v) is 4.56. The highest BCUT2D eigenvalue weighted by Gasteiger charge is 2.21. The molecule has 0 spiro atoms. The molecule has 5 nitrogen and oxygen atoms in total. The molecule has 0 aliphatic carbocycles. The number of carbonyl (C=O) groups excluding carboxylic acids is 1. The fraction of sp³-hybridized carbons (Fsp3) is 0.261. The minimum atomic E-state index is -0.0478. The summed E-state index contributed by atoms with van der Waals surface area (Å²) in [7, 11) is 0. The van der Waals surface area contributed by atoms with Gasteiger partial charge in [-0.3, -0.25) is 4.79 Å². The van der Waals surface area contributed by atoms with E-state index in [0.717, 1.165) is 22.6 Å². The second-order valence-electron chi connectivity index (χ2n) is 6.81. The summed E-state index contributed by atoms with van der Waals surface area (Å²) in [6, 6.07) is 19.9. The van der Waals surface area contributed by atoms with E-state index in [1.54, 1.807) is 6.26 Å². The Morgan fingerprint density at radius 2 is 1.93 bits per heavy atom. The molecular weight excluding hydrogens is 352 g/mol. The largest absolute Gasteiger partial charge is 0.491 e. The van der Waals surface area contributed by atoms with Crippen LogP contribution in [0.3, 0.4) is 0 Å². The molecular formula is C23H27N2O3+. The lowest BCUT2D eigenvalue weighted by molar-refractivity contribution is -0.678. The Morgan fingerprint density at radius 1 is 1.11 bits per heavy atom. The molecule has 0 aliphatic rings. The zero-order valence-corrected chi connectivity index (χ0v) is 16.4. The van der Waals surface area contributed by atoms with Crippen LogP contribution in [0.25, 0.3) is 0 Å². The lowest BCUT2D eigenvalue weighted by atomic mass is 10.0. The summed E-state index contributed by atoms with van der Waals surface area (Å²) in [6.07, 6.45) is 1.66. The number of aryl methyl sites for hydroxylation is 2. The minimum Gasteiger partial charge on any atom is -0.491 e. The van der Waals surface area contributed by atoms with Gasteiger partial charge in [-0.2, -0.15) is 0 Å². The molecule has 28 heavy (non-hydrogen) atoms. The molecule has 5 heteroatoms. The van der Waals surface area contributed by atoms with Crippen LogP contribution in [-0.4, -0.2) is 25.6 Å². The van der Waals surface area contributed by atoms with Crippen molar-refractivity contribution in [3.63, 3.8) is 0 Å². The molecule has 3 aromatic rings. The van der Waals surface area contributed by atoms with Gasteiger partial charge in [-0.15, -0.1) is 0 Å². The molecule has 0 aliphatic heterocycles. The van der Waals surface area contributed by atoms with Crippen molar-refractivity contribution in [1.29, 1.82) is 0 Å². The molecule has 1 aromatic heterocycles. The molecule has 1 amide bonds. The number of nitrogens with two attached hydrogens (primary N) is 1. The number of quaternary nitrogens is 1. The van der Waals surface area contributed by atoms with Crippen molar-refractivity contribution in [2.75, 3.05) is 19.7 Å². The molecule has 1 atom stereocenters. The summed E-state index contributed by atoms with van der Waals surface area (Å²) in [5, 5.41) is 4.89. The molecule has 3 N–H and O–H groups in total. The highest BCUT2D eigenvalue weighted by Crippen LogP contribution is 2.19. The first-order valence-corrected chi connectivity index (χ1v) is 9.52. The van der Waals surface area contributed by atoms with Crippen LogP contribution < -0.4 is 15.4 Å². The van der Waals surface area contributed by atoms with Crippen LogP contribution in [0.5, 0.6) is 5.75 Å². The summed E-state index contributed by atoms with van der Waals surface area (Å²) in [4.78, 5) is 12.2. The minimum absolute atomic E-state index is 0.0308. The summed E-state index contributed by atoms with van der Waals surface area (Å²) in [5.74, 6) is 1.65. The van der Waals surface area contributed by atoms with Crippen molar-refractivity contribution in [3.8, 4) is 5.75 Å². The molecule has 0 fully saturated rings. The zero-order chi connectivity index (χ0) is 19.8. The van der Waals surface area contributed by atoms with Gasteiger partial charge >= 0.3 is 0 Å². The number of amides is 1. The molecule has 0 unspecified atom stereocenters. The molecule has 1 heterocycles. The van der Waals surface area contributed by atoms with Gasteiger partial charge in [0.05, 0.1) is 12.8 Å². The van der Waals surface area contributed by atoms with Crippen LogP contribution in [0, 0.1) is 13.8 Å². The summed E-state index contributed by atoms with van der Waals surface area (Å²) < 4.78 is 11.3. The number of hydrogen-bond acceptors (Lipinski definition) is 3. The van der Waals surface area contributed by atoms with Crippen LogP contribution >= 0.6 is 0 Å². The maximum absolute atomic E-state index is 12.2. The van der Waals surface area contributed by atoms with Crippen LogP contribution in [0.2, 0.25) is 0 Å². The highest BCUT2D eigenvalue weighted by atomic mass is 16.5. The van der Waals surface area contributed by atoms with Gasteiger partial charge in [-0.1, -0.05) is 48.0 Å². The van der Waals surface area contributed by atoms with Gasteiger partial charge in [0.15, 0.2) is 18.3 Å². The number of carbonyl (C=O) groups is 1. The molecule has 0 saturated carbocycles. The van der Waals surface area contributed by atoms with Gasteiger partial charge in [0.25, 0.3) is 5.91 Å². The van der Waals surface area contributed by atoms with Gasteiger partial charge in [-0.05, 0) is 37.6 Å². The Hall–Kier alpha value is -3.05. The van der Waals surface area contributed by atoms with Crippen molar-refractivity contribution < 1.29 is 19.3 Å². The fourth-order valence-corrected chi connectivity index (χ4v) is 3.15. The van der Waals surface area contributed by atoms with Crippen molar-refractivity contribution in [2.24, 2.45) is 0 Å². The third kappa shape index (κ3) is 5.47. The summed E-state index contributed by atoms with van der Waals surface area (Å²) >= 11 is 0. The van der Waals surface area contributed by atoms with Gasteiger partial charge < -0.3 is 19.8 Å². The van der Waals surface area contributed by atoms with Gasteiger partial charge in [0, 0.05) is 5.56 Å². The third-order valence-electron chi connectivity index (χ3n) is 4.56. The Balaban J connectivity index is 1.46. The molecule has 3 rings (SSSR count). The summed E-state index contributed by atoms with van der Waals surface area (Å²) in [6.45, 7) is 5.30. The number of benzene rings is 2. The molecule has 0 radical (unpaired) electrons. The van der Waals surface area contributed by atoms with Crippen molar-refractivity contribution in [1.82, 2.24) is 5.32 Å². The molecule has 0 saturated heterocycles. The van der Waals surface area contributed by atoms with Crippen LogP contribution in [0.4, 0.5) is 0 Å². The van der Waals surface area contributed by atoms with E-state index in [0.29, 0.717) is 19.7 Å². The van der Waals surface area contributed by atoms with E-state index in [1.807, 2.05) is 66.8 Å². The van der Waals surface area contributed by atoms with E-state index in [1.165, 1.54) is 5.56 Å². The average molecular weight is 379 g/mol. The van der Waals surface area contributed by atoms with Crippen molar-refractivity contribution in [2.45, 2.75) is 19.9 Å². The average Bonchev–Trinajstić information content (AvgIpc) is 3.22. The lowest BCUT2D eigenvalue weighted by Crippen LogP contribution is -2.87. The first-order valence-electron chi connectivity index (χ1n) is 9.52. The van der Waals surface area contributed by atoms with E-state index in [9.17, 15) is 4.79 Å². The first-order chi connectivity index (χ1) is 13.6. The monoisotopic (exact) mass is 379 g/mol. The number of rotatable bonds is 9. The van der Waals surface area contributed by atoms with Crippen molar-refractivity contribution in [3.05, 3.63) is 89.4 Å². The Kier molecular flexibility index (Phi) is 6.87. The fourth-order valence-electron chi connectivity index (χ4n) is 3.15. The molecule has 146 valence electrons. The first kappa shape index (κ1) is 19.7. The molecule has 2 aromatic carbocycles. The standard InChI is InChI=1S/C23H26N2O3/c1-17-10-11-20(18(2)15-17)28-14-12-24-22(26)16-25-23(21-9-6-13-27-21)19-7-4-3-5-8-19/h3-11,13,15,23,25H,12,14,16H2,1-2H3,(H,24,26)/p+1/t23-/m1/s1. The maximum Gasteiger partial charge on any atom is 0.275 e. The van der Waals surface area contributed by atoms with E-state index < -0.39 is 0 Å². The smallest absolute Gasteiger partial charge is 0.275 e. The summed E-state index contributed by atoms with van der Waals surface area (Å²) in [5.41, 5.74) is 3.41. The SMILES string of the molecule is Cc1ccc(OCCNC(=O)C[NH2+][C@H](c2ccccc2)c2ccco2)c(C)c1.